The fourth-order valence-corrected chi connectivity index (χ4v) is 2.95. The highest BCUT2D eigenvalue weighted by Crippen LogP contribution is 2.22. The average Bonchev–Trinajstić information content (AvgIpc) is 2.88. The molecule has 0 saturated heterocycles. The molecule has 2 aromatic rings. The molecule has 0 aliphatic carbocycles. The van der Waals surface area contributed by atoms with Crippen LogP contribution in [0.4, 0.5) is 5.69 Å². The zero-order chi connectivity index (χ0) is 14.4. The second-order valence-electron chi connectivity index (χ2n) is 4.33. The number of rotatable bonds is 6. The minimum Gasteiger partial charge on any atom is -0.376 e. The second kappa shape index (κ2) is 8.93. The van der Waals surface area contributed by atoms with Crippen LogP contribution in [0, 0.1) is 0 Å². The number of amides is 1. The maximum absolute atomic E-state index is 12.2. The normalized spacial score (nSPS) is 9.81. The van der Waals surface area contributed by atoms with Crippen LogP contribution in [0.2, 0.25) is 4.34 Å². The maximum Gasteiger partial charge on any atom is 0.242 e. The summed E-state index contributed by atoms with van der Waals surface area (Å²) in [6.07, 6.45) is 0. The number of anilines is 1. The van der Waals surface area contributed by atoms with Crippen LogP contribution < -0.4 is 5.32 Å². The van der Waals surface area contributed by atoms with Crippen molar-refractivity contribution >= 4 is 46.9 Å². The molecule has 21 heavy (non-hydrogen) atoms. The molecule has 1 aromatic carbocycles. The number of carbonyl (C=O) groups is 1. The number of halogens is 2. The van der Waals surface area contributed by atoms with Gasteiger partial charge in [0.05, 0.1) is 17.4 Å². The summed E-state index contributed by atoms with van der Waals surface area (Å²) in [4.78, 5) is 15.1. The lowest BCUT2D eigenvalue weighted by Crippen LogP contribution is -2.34. The molecule has 0 saturated carbocycles. The molecule has 0 unspecified atom stereocenters. The second-order valence-corrected chi connectivity index (χ2v) is 6.13. The summed E-state index contributed by atoms with van der Waals surface area (Å²) in [6.45, 7) is 3.58. The van der Waals surface area contributed by atoms with E-state index in [9.17, 15) is 4.79 Å². The summed E-state index contributed by atoms with van der Waals surface area (Å²) in [7, 11) is 0. The van der Waals surface area contributed by atoms with Crippen molar-refractivity contribution in [3.8, 4) is 0 Å². The first-order valence-electron chi connectivity index (χ1n) is 6.50. The number of hydrogen-bond acceptors (Lipinski definition) is 3. The first-order valence-corrected chi connectivity index (χ1v) is 7.69. The van der Waals surface area contributed by atoms with Crippen molar-refractivity contribution in [1.82, 2.24) is 4.90 Å². The van der Waals surface area contributed by atoms with E-state index in [0.717, 1.165) is 14.9 Å². The molecule has 6 heteroatoms. The van der Waals surface area contributed by atoms with Gasteiger partial charge >= 0.3 is 0 Å². The highest BCUT2D eigenvalue weighted by Gasteiger charge is 2.12. The molecule has 1 aromatic heterocycles. The van der Waals surface area contributed by atoms with Gasteiger partial charge < -0.3 is 10.2 Å². The lowest BCUT2D eigenvalue weighted by Gasteiger charge is -2.20. The van der Waals surface area contributed by atoms with Crippen LogP contribution in [0.1, 0.15) is 11.8 Å². The number of benzene rings is 1. The standard InChI is InChI=1S/C15H17ClN2OS.ClH/c1-2-18(11-13-8-9-14(16)20-13)15(19)10-17-12-6-4-3-5-7-12;/h3-9,17H,2,10-11H2,1H3;1H. The quantitative estimate of drug-likeness (QED) is 0.847. The molecule has 114 valence electrons. The zero-order valence-electron chi connectivity index (χ0n) is 11.7. The Kier molecular flexibility index (Phi) is 7.57. The number of nitrogens with zero attached hydrogens (tertiary/aromatic N) is 1. The predicted octanol–water partition coefficient (Wildman–Crippen LogP) is 4.28. The lowest BCUT2D eigenvalue weighted by molar-refractivity contribution is -0.129. The Labute approximate surface area is 140 Å². The molecular formula is C15H18Cl2N2OS. The van der Waals surface area contributed by atoms with E-state index in [1.54, 1.807) is 0 Å². The summed E-state index contributed by atoms with van der Waals surface area (Å²) < 4.78 is 0.755. The SMILES string of the molecule is CCN(Cc1ccc(Cl)s1)C(=O)CNc1ccccc1.Cl. The van der Waals surface area contributed by atoms with E-state index >= 15 is 0 Å². The number of para-hydroxylation sites is 1. The monoisotopic (exact) mass is 344 g/mol. The van der Waals surface area contributed by atoms with Crippen LogP contribution in [0.25, 0.3) is 0 Å². The van der Waals surface area contributed by atoms with Crippen LogP contribution in [0.15, 0.2) is 42.5 Å². The first kappa shape index (κ1) is 17.8. The third kappa shape index (κ3) is 5.58. The van der Waals surface area contributed by atoms with Crippen molar-refractivity contribution < 1.29 is 4.79 Å². The van der Waals surface area contributed by atoms with E-state index < -0.39 is 0 Å². The maximum atomic E-state index is 12.2. The van der Waals surface area contributed by atoms with Crippen molar-refractivity contribution in [2.45, 2.75) is 13.5 Å². The molecular weight excluding hydrogens is 327 g/mol. The molecule has 2 rings (SSSR count). The minimum atomic E-state index is 0. The number of thiophene rings is 1. The number of nitrogens with one attached hydrogen (secondary N) is 1. The molecule has 1 N–H and O–H groups in total. The Morgan fingerprint density at radius 3 is 2.52 bits per heavy atom. The van der Waals surface area contributed by atoms with Crippen molar-refractivity contribution in [1.29, 1.82) is 0 Å². The topological polar surface area (TPSA) is 32.3 Å². The van der Waals surface area contributed by atoms with E-state index in [2.05, 4.69) is 5.32 Å². The molecule has 1 heterocycles. The number of hydrogen-bond donors (Lipinski definition) is 1. The highest BCUT2D eigenvalue weighted by molar-refractivity contribution is 7.16. The molecule has 0 radical (unpaired) electrons. The van der Waals surface area contributed by atoms with E-state index in [1.807, 2.05) is 54.3 Å². The molecule has 3 nitrogen and oxygen atoms in total. The van der Waals surface area contributed by atoms with Crippen LogP contribution in [0.3, 0.4) is 0 Å². The van der Waals surface area contributed by atoms with Gasteiger partial charge in [-0.25, -0.2) is 0 Å². The van der Waals surface area contributed by atoms with E-state index in [0.29, 0.717) is 19.6 Å². The minimum absolute atomic E-state index is 0. The van der Waals surface area contributed by atoms with Crippen molar-refractivity contribution in [3.05, 3.63) is 51.7 Å². The summed E-state index contributed by atoms with van der Waals surface area (Å²) >= 11 is 7.42. The summed E-state index contributed by atoms with van der Waals surface area (Å²) in [5.74, 6) is 0.0841. The molecule has 0 aliphatic rings. The van der Waals surface area contributed by atoms with Crippen molar-refractivity contribution in [2.24, 2.45) is 0 Å². The van der Waals surface area contributed by atoms with Gasteiger partial charge in [0, 0.05) is 17.1 Å². The van der Waals surface area contributed by atoms with Gasteiger partial charge in [-0.2, -0.15) is 0 Å². The number of likely N-dealkylation sites (N-methyl/N-ethyl adjacent to an activating group) is 1. The Balaban J connectivity index is 0.00000220. The van der Waals surface area contributed by atoms with E-state index in [4.69, 9.17) is 11.6 Å². The Morgan fingerprint density at radius 1 is 1.24 bits per heavy atom. The van der Waals surface area contributed by atoms with Gasteiger partial charge in [-0.05, 0) is 31.2 Å². The number of carbonyl (C=O) groups excluding carboxylic acids is 1. The van der Waals surface area contributed by atoms with Crippen LogP contribution in [-0.2, 0) is 11.3 Å². The van der Waals surface area contributed by atoms with Crippen LogP contribution >= 0.6 is 35.3 Å². The van der Waals surface area contributed by atoms with Gasteiger partial charge in [0.25, 0.3) is 0 Å². The van der Waals surface area contributed by atoms with Gasteiger partial charge in [0.15, 0.2) is 0 Å². The molecule has 0 spiro atoms. The molecule has 0 aliphatic heterocycles. The van der Waals surface area contributed by atoms with Gasteiger partial charge in [-0.15, -0.1) is 23.7 Å². The first-order chi connectivity index (χ1) is 9.69. The Morgan fingerprint density at radius 2 is 1.95 bits per heavy atom. The zero-order valence-corrected chi connectivity index (χ0v) is 14.1. The van der Waals surface area contributed by atoms with Gasteiger partial charge in [-0.3, -0.25) is 4.79 Å². The fourth-order valence-electron chi connectivity index (χ4n) is 1.85. The average molecular weight is 345 g/mol. The lowest BCUT2D eigenvalue weighted by atomic mass is 10.3. The largest absolute Gasteiger partial charge is 0.376 e. The smallest absolute Gasteiger partial charge is 0.242 e. The molecule has 0 fully saturated rings. The van der Waals surface area contributed by atoms with E-state index in [-0.39, 0.29) is 18.3 Å². The highest BCUT2D eigenvalue weighted by atomic mass is 35.5. The third-order valence-corrected chi connectivity index (χ3v) is 4.14. The summed E-state index contributed by atoms with van der Waals surface area (Å²) in [6, 6.07) is 13.6. The van der Waals surface area contributed by atoms with E-state index in [1.165, 1.54) is 11.3 Å². The van der Waals surface area contributed by atoms with Crippen molar-refractivity contribution in [3.63, 3.8) is 0 Å². The molecule has 0 bridgehead atoms. The molecule has 0 atom stereocenters. The predicted molar refractivity (Wildman–Crippen MR) is 92.6 cm³/mol. The van der Waals surface area contributed by atoms with Crippen molar-refractivity contribution in [2.75, 3.05) is 18.4 Å². The molecule has 1 amide bonds. The summed E-state index contributed by atoms with van der Waals surface area (Å²) in [5.41, 5.74) is 0.955. The Hall–Kier alpha value is -1.23. The van der Waals surface area contributed by atoms with Gasteiger partial charge in [0.2, 0.25) is 5.91 Å². The van der Waals surface area contributed by atoms with Crippen LogP contribution in [-0.4, -0.2) is 23.9 Å². The van der Waals surface area contributed by atoms with Crippen LogP contribution in [0.5, 0.6) is 0 Å². The van der Waals surface area contributed by atoms with Gasteiger partial charge in [-0.1, -0.05) is 29.8 Å². The third-order valence-electron chi connectivity index (χ3n) is 2.93. The summed E-state index contributed by atoms with van der Waals surface area (Å²) in [5, 5.41) is 3.14. The Bertz CT molecular complexity index is 560. The van der Waals surface area contributed by atoms with Gasteiger partial charge in [0.1, 0.15) is 0 Å². The fraction of sp³-hybridized carbons (Fsp3) is 0.267.